The van der Waals surface area contributed by atoms with Crippen molar-refractivity contribution in [2.75, 3.05) is 18.1 Å². The molecule has 0 radical (unpaired) electrons. The number of benzene rings is 2. The number of rotatable bonds is 25. The fourth-order valence-electron chi connectivity index (χ4n) is 6.41. The van der Waals surface area contributed by atoms with E-state index < -0.39 is 89.6 Å². The van der Waals surface area contributed by atoms with Gasteiger partial charge in [-0.2, -0.15) is 25.3 Å². The van der Waals surface area contributed by atoms with E-state index in [9.17, 15) is 43.8 Å². The number of carbonyl (C=O) groups is 7. The second-order valence-corrected chi connectivity index (χ2v) is 15.9. The van der Waals surface area contributed by atoms with E-state index in [1.807, 2.05) is 24.3 Å². The smallest absolute Gasteiger partial charge is 0.244 e. The standard InChI is InChI=1S/C41H59N9O9S2/c1-22(2)34(41(59)48-32(21-61)40(58)50-35(23(3)51)36(43)54)49-37(55)29(10-6-7-16-42)46-39(57)31(19-25-20-44-28-9-5-4-8-27(25)28)47-38(56)30(45-33(53)15-17-60)18-24-11-13-26(52)14-12-24/h4-5,8-9,11-14,20,22-23,29-32,34-35,44,51-52,60-61H,6-7,10,15-19,21,42H2,1-3H3,(H2,43,54)(H,45,53)(H,46,57)(H,47,56)(H,48,59)(H,49,55)(H,50,58)/t23-,29+,30+,31-,32+,34+,35+/m1/s1. The van der Waals surface area contributed by atoms with Crippen molar-refractivity contribution in [3.63, 3.8) is 0 Å². The Bertz CT molecular complexity index is 1960. The molecule has 334 valence electrons. The number of aromatic amines is 1. The van der Waals surface area contributed by atoms with Crippen molar-refractivity contribution in [1.29, 1.82) is 0 Å². The Morgan fingerprint density at radius 2 is 1.28 bits per heavy atom. The number of phenolic OH excluding ortho intramolecular Hbond substituents is 1. The predicted octanol–water partition coefficient (Wildman–Crippen LogP) is -0.532. The van der Waals surface area contributed by atoms with Crippen LogP contribution in [-0.4, -0.2) is 117 Å². The molecule has 7 atom stereocenters. The summed E-state index contributed by atoms with van der Waals surface area (Å²) in [5.74, 6) is -5.67. The van der Waals surface area contributed by atoms with Gasteiger partial charge >= 0.3 is 0 Å². The molecule has 18 nitrogen and oxygen atoms in total. The SMILES string of the molecule is CC(C)[C@H](NC(=O)[C@H](CCCCN)NC(=O)[C@@H](Cc1c[nH]c2ccccc12)NC(=O)[C@H](Cc1ccc(O)cc1)NC(=O)CCS)C(=O)N[C@@H](CS)C(=O)N[C@H](C(N)=O)[C@@H](C)O. The van der Waals surface area contributed by atoms with Crippen LogP contribution in [0.25, 0.3) is 10.9 Å². The molecule has 20 heteroatoms. The number of aromatic nitrogens is 1. The Hall–Kier alpha value is -5.31. The van der Waals surface area contributed by atoms with E-state index in [0.717, 1.165) is 10.9 Å². The van der Waals surface area contributed by atoms with Gasteiger partial charge in [-0.05, 0) is 73.7 Å². The van der Waals surface area contributed by atoms with E-state index in [1.165, 1.54) is 19.1 Å². The number of amides is 7. The average molecular weight is 886 g/mol. The molecule has 0 aliphatic carbocycles. The van der Waals surface area contributed by atoms with E-state index in [2.05, 4.69) is 62.1 Å². The van der Waals surface area contributed by atoms with Crippen molar-refractivity contribution in [1.82, 2.24) is 36.9 Å². The Balaban J connectivity index is 1.91. The number of primary amides is 1. The third-order valence-corrected chi connectivity index (χ3v) is 10.4. The first-order valence-electron chi connectivity index (χ1n) is 20.0. The average Bonchev–Trinajstić information content (AvgIpc) is 3.62. The second kappa shape index (κ2) is 24.8. The number of aliphatic hydroxyl groups excluding tert-OH is 1. The maximum absolute atomic E-state index is 14.4. The molecule has 1 aromatic heterocycles. The number of aromatic hydroxyl groups is 1. The lowest BCUT2D eigenvalue weighted by molar-refractivity contribution is -0.136. The first-order chi connectivity index (χ1) is 29.0. The number of nitrogens with two attached hydrogens (primary N) is 2. The summed E-state index contributed by atoms with van der Waals surface area (Å²) in [5, 5.41) is 36.3. The topological polar surface area (TPSA) is 300 Å². The van der Waals surface area contributed by atoms with Crippen LogP contribution >= 0.6 is 25.3 Å². The highest BCUT2D eigenvalue weighted by Gasteiger charge is 2.35. The van der Waals surface area contributed by atoms with Crippen LogP contribution in [0.1, 0.15) is 57.6 Å². The Kier molecular flexibility index (Phi) is 20.4. The quantitative estimate of drug-likeness (QED) is 0.0381. The molecule has 0 aliphatic rings. The fraction of sp³-hybridized carbons (Fsp3) is 0.488. The van der Waals surface area contributed by atoms with E-state index in [4.69, 9.17) is 11.5 Å². The van der Waals surface area contributed by atoms with Gasteiger partial charge in [0, 0.05) is 42.1 Å². The minimum absolute atomic E-state index is 0.0164. The lowest BCUT2D eigenvalue weighted by Crippen LogP contribution is -2.61. The Labute approximate surface area is 365 Å². The molecule has 61 heavy (non-hydrogen) atoms. The zero-order valence-electron chi connectivity index (χ0n) is 34.5. The van der Waals surface area contributed by atoms with Gasteiger partial charge in [-0.25, -0.2) is 0 Å². The summed E-state index contributed by atoms with van der Waals surface area (Å²) in [7, 11) is 0. The summed E-state index contributed by atoms with van der Waals surface area (Å²) in [6.07, 6.45) is 1.44. The molecular weight excluding hydrogens is 827 g/mol. The third-order valence-electron chi connectivity index (χ3n) is 9.83. The monoisotopic (exact) mass is 885 g/mol. The molecule has 0 unspecified atom stereocenters. The third kappa shape index (κ3) is 15.6. The summed E-state index contributed by atoms with van der Waals surface area (Å²) < 4.78 is 0. The Morgan fingerprint density at radius 3 is 1.87 bits per heavy atom. The van der Waals surface area contributed by atoms with Crippen molar-refractivity contribution in [3.8, 4) is 5.75 Å². The minimum Gasteiger partial charge on any atom is -0.508 e. The molecular formula is C41H59N9O9S2. The molecule has 3 aromatic rings. The molecule has 2 aromatic carbocycles. The lowest BCUT2D eigenvalue weighted by atomic mass is 10.00. The summed E-state index contributed by atoms with van der Waals surface area (Å²) in [5.41, 5.74) is 13.1. The number of thiol groups is 2. The number of carbonyl (C=O) groups excluding carboxylic acids is 7. The van der Waals surface area contributed by atoms with Crippen LogP contribution in [0.3, 0.4) is 0 Å². The number of phenols is 1. The molecule has 1 heterocycles. The zero-order valence-corrected chi connectivity index (χ0v) is 36.3. The highest BCUT2D eigenvalue weighted by molar-refractivity contribution is 7.80. The number of hydrogen-bond acceptors (Lipinski definition) is 12. The van der Waals surface area contributed by atoms with E-state index in [-0.39, 0.29) is 42.9 Å². The largest absolute Gasteiger partial charge is 0.508 e. The lowest BCUT2D eigenvalue weighted by Gasteiger charge is -2.29. The van der Waals surface area contributed by atoms with Crippen LogP contribution in [0, 0.1) is 5.92 Å². The molecule has 0 saturated carbocycles. The van der Waals surface area contributed by atoms with E-state index in [0.29, 0.717) is 30.5 Å². The molecule has 7 amide bonds. The predicted molar refractivity (Wildman–Crippen MR) is 236 cm³/mol. The van der Waals surface area contributed by atoms with Crippen molar-refractivity contribution in [2.45, 2.75) is 102 Å². The van der Waals surface area contributed by atoms with E-state index >= 15 is 0 Å². The number of para-hydroxylation sites is 1. The molecule has 0 saturated heterocycles. The molecule has 0 spiro atoms. The highest BCUT2D eigenvalue weighted by atomic mass is 32.1. The van der Waals surface area contributed by atoms with Gasteiger partial charge in [-0.15, -0.1) is 0 Å². The van der Waals surface area contributed by atoms with Gasteiger partial charge in [-0.3, -0.25) is 33.6 Å². The van der Waals surface area contributed by atoms with Gasteiger partial charge in [0.05, 0.1) is 6.10 Å². The number of hydrogen-bond donors (Lipinski definition) is 13. The van der Waals surface area contributed by atoms with Crippen molar-refractivity contribution < 1.29 is 43.8 Å². The normalized spacial score (nSPS) is 14.7. The summed E-state index contributed by atoms with van der Waals surface area (Å²) in [6.45, 7) is 4.89. The Morgan fingerprint density at radius 1 is 0.705 bits per heavy atom. The van der Waals surface area contributed by atoms with E-state index in [1.54, 1.807) is 32.2 Å². The first kappa shape index (κ1) is 50.0. The number of H-pyrrole nitrogens is 1. The van der Waals surface area contributed by atoms with Crippen LogP contribution < -0.4 is 43.4 Å². The number of fused-ring (bicyclic) bond motifs is 1. The van der Waals surface area contributed by atoms with Crippen molar-refractivity contribution in [3.05, 3.63) is 65.9 Å². The molecule has 0 bridgehead atoms. The molecule has 13 N–H and O–H groups in total. The van der Waals surface area contributed by atoms with Gasteiger partial charge in [0.25, 0.3) is 0 Å². The summed E-state index contributed by atoms with van der Waals surface area (Å²) in [4.78, 5) is 96.8. The zero-order chi connectivity index (χ0) is 45.2. The maximum Gasteiger partial charge on any atom is 0.244 e. The minimum atomic E-state index is -1.43. The van der Waals surface area contributed by atoms with Crippen LogP contribution in [0.5, 0.6) is 5.75 Å². The number of aliphatic hydroxyl groups is 1. The van der Waals surface area contributed by atoms with Gasteiger partial charge < -0.3 is 58.6 Å². The van der Waals surface area contributed by atoms with Gasteiger partial charge in [0.15, 0.2) is 0 Å². The highest BCUT2D eigenvalue weighted by Crippen LogP contribution is 2.20. The van der Waals surface area contributed by atoms with Gasteiger partial charge in [0.1, 0.15) is 42.0 Å². The van der Waals surface area contributed by atoms with Crippen LogP contribution in [0.15, 0.2) is 54.7 Å². The molecule has 3 rings (SSSR count). The van der Waals surface area contributed by atoms with Crippen LogP contribution in [-0.2, 0) is 46.4 Å². The number of nitrogens with one attached hydrogen (secondary N) is 7. The second-order valence-electron chi connectivity index (χ2n) is 15.0. The van der Waals surface area contributed by atoms with Crippen LogP contribution in [0.4, 0.5) is 0 Å². The number of unbranched alkanes of at least 4 members (excludes halogenated alkanes) is 1. The summed E-state index contributed by atoms with van der Waals surface area (Å²) >= 11 is 8.29. The fourth-order valence-corrected chi connectivity index (χ4v) is 6.87. The maximum atomic E-state index is 14.4. The van der Waals surface area contributed by atoms with Crippen LogP contribution in [0.2, 0.25) is 0 Å². The van der Waals surface area contributed by atoms with Crippen molar-refractivity contribution >= 4 is 77.5 Å². The summed E-state index contributed by atoms with van der Waals surface area (Å²) in [6, 6.07) is 5.93. The van der Waals surface area contributed by atoms with Crippen molar-refractivity contribution in [2.24, 2.45) is 17.4 Å². The molecule has 0 aliphatic heterocycles. The van der Waals surface area contributed by atoms with Gasteiger partial charge in [0.2, 0.25) is 41.4 Å². The van der Waals surface area contributed by atoms with Gasteiger partial charge in [-0.1, -0.05) is 44.2 Å². The molecule has 0 fully saturated rings. The first-order valence-corrected chi connectivity index (χ1v) is 21.3.